The molecule has 0 bridgehead atoms. The van der Waals surface area contributed by atoms with E-state index in [4.69, 9.17) is 33.3 Å². The summed E-state index contributed by atoms with van der Waals surface area (Å²) in [6, 6.07) is 22.2. The van der Waals surface area contributed by atoms with Gasteiger partial charge in [-0.15, -0.1) is 0 Å². The number of nitrogens with zero attached hydrogens (tertiary/aromatic N) is 2. The summed E-state index contributed by atoms with van der Waals surface area (Å²) in [4.78, 5) is 17.7. The zero-order valence-electron chi connectivity index (χ0n) is 20.9. The SMILES string of the molecule is CCN(CC)CCCOc1ccc(/C=C2\SC(=S)N(c3ccc(Oc4ccc(Cl)cc4)cc3)C2=O)cc1. The molecule has 1 heterocycles. The second-order valence-corrected chi connectivity index (χ2v) is 10.5. The van der Waals surface area contributed by atoms with Gasteiger partial charge in [-0.1, -0.05) is 61.6 Å². The van der Waals surface area contributed by atoms with E-state index in [1.165, 1.54) is 11.8 Å². The third-order valence-corrected chi connectivity index (χ3v) is 7.45. The average molecular weight is 553 g/mol. The highest BCUT2D eigenvalue weighted by atomic mass is 35.5. The number of hydrogen-bond donors (Lipinski definition) is 0. The lowest BCUT2D eigenvalue weighted by atomic mass is 10.2. The Bertz CT molecular complexity index is 1240. The number of rotatable bonds is 11. The molecule has 1 aliphatic rings. The van der Waals surface area contributed by atoms with Gasteiger partial charge < -0.3 is 14.4 Å². The second kappa shape index (κ2) is 13.1. The van der Waals surface area contributed by atoms with Crippen LogP contribution in [0.3, 0.4) is 0 Å². The Labute approximate surface area is 233 Å². The molecule has 1 aliphatic heterocycles. The molecular formula is C29H29ClN2O3S2. The lowest BCUT2D eigenvalue weighted by Gasteiger charge is -2.17. The van der Waals surface area contributed by atoms with Crippen molar-refractivity contribution in [3.8, 4) is 17.2 Å². The quantitative estimate of drug-likeness (QED) is 0.138. The number of benzene rings is 3. The van der Waals surface area contributed by atoms with Crippen molar-refractivity contribution in [3.05, 3.63) is 88.3 Å². The molecule has 0 spiro atoms. The third kappa shape index (κ3) is 7.36. The topological polar surface area (TPSA) is 42.0 Å². The predicted octanol–water partition coefficient (Wildman–Crippen LogP) is 7.65. The summed E-state index contributed by atoms with van der Waals surface area (Å²) in [6.45, 7) is 8.17. The number of anilines is 1. The van der Waals surface area contributed by atoms with Crippen LogP contribution < -0.4 is 14.4 Å². The monoisotopic (exact) mass is 552 g/mol. The van der Waals surface area contributed by atoms with E-state index in [0.717, 1.165) is 37.4 Å². The summed E-state index contributed by atoms with van der Waals surface area (Å²) in [5.74, 6) is 2.02. The molecule has 8 heteroatoms. The fourth-order valence-electron chi connectivity index (χ4n) is 3.82. The molecular weight excluding hydrogens is 524 g/mol. The Morgan fingerprint density at radius 2 is 1.51 bits per heavy atom. The lowest BCUT2D eigenvalue weighted by Crippen LogP contribution is -2.27. The number of hydrogen-bond acceptors (Lipinski definition) is 6. The van der Waals surface area contributed by atoms with Crippen LogP contribution in [0, 0.1) is 0 Å². The van der Waals surface area contributed by atoms with Crippen molar-refractivity contribution < 1.29 is 14.3 Å². The van der Waals surface area contributed by atoms with Gasteiger partial charge in [0.05, 0.1) is 17.2 Å². The molecule has 0 aromatic heterocycles. The largest absolute Gasteiger partial charge is 0.494 e. The number of carbonyl (C=O) groups is 1. The first-order chi connectivity index (χ1) is 18.0. The average Bonchev–Trinajstić information content (AvgIpc) is 3.19. The molecule has 37 heavy (non-hydrogen) atoms. The molecule has 4 rings (SSSR count). The van der Waals surface area contributed by atoms with Gasteiger partial charge in [-0.25, -0.2) is 0 Å². The van der Waals surface area contributed by atoms with Crippen LogP contribution in [0.25, 0.3) is 6.08 Å². The predicted molar refractivity (Wildman–Crippen MR) is 158 cm³/mol. The van der Waals surface area contributed by atoms with E-state index in [2.05, 4.69) is 18.7 Å². The number of amides is 1. The minimum absolute atomic E-state index is 0.141. The van der Waals surface area contributed by atoms with Gasteiger partial charge in [0.1, 0.15) is 17.2 Å². The van der Waals surface area contributed by atoms with Gasteiger partial charge in [0.25, 0.3) is 5.91 Å². The first-order valence-corrected chi connectivity index (χ1v) is 13.8. The first-order valence-electron chi connectivity index (χ1n) is 12.2. The van der Waals surface area contributed by atoms with Crippen molar-refractivity contribution >= 4 is 57.6 Å². The molecule has 0 aliphatic carbocycles. The van der Waals surface area contributed by atoms with E-state index in [0.29, 0.717) is 38.0 Å². The van der Waals surface area contributed by atoms with E-state index in [1.54, 1.807) is 29.2 Å². The Hall–Kier alpha value is -2.84. The zero-order valence-corrected chi connectivity index (χ0v) is 23.2. The van der Waals surface area contributed by atoms with Gasteiger partial charge in [0.15, 0.2) is 4.32 Å². The molecule has 192 valence electrons. The molecule has 1 amide bonds. The van der Waals surface area contributed by atoms with Crippen LogP contribution in [0.1, 0.15) is 25.8 Å². The Balaban J connectivity index is 1.35. The molecule has 0 N–H and O–H groups in total. The fourth-order valence-corrected chi connectivity index (χ4v) is 5.25. The molecule has 0 saturated carbocycles. The standard InChI is InChI=1S/C29H29ClN2O3S2/c1-3-31(4-2)18-5-19-34-24-12-6-21(7-13-24)20-27-28(33)32(29(36)37-27)23-10-16-26(17-11-23)35-25-14-8-22(30)9-15-25/h6-17,20H,3-5,18-19H2,1-2H3/b27-20-. The molecule has 1 saturated heterocycles. The summed E-state index contributed by atoms with van der Waals surface area (Å²) >= 11 is 12.7. The van der Waals surface area contributed by atoms with Crippen molar-refractivity contribution in [3.63, 3.8) is 0 Å². The molecule has 0 unspecified atom stereocenters. The summed E-state index contributed by atoms with van der Waals surface area (Å²) in [7, 11) is 0. The maximum atomic E-state index is 13.2. The molecule has 0 radical (unpaired) electrons. The number of carbonyl (C=O) groups excluding carboxylic acids is 1. The van der Waals surface area contributed by atoms with Gasteiger partial charge in [-0.3, -0.25) is 9.69 Å². The van der Waals surface area contributed by atoms with E-state index in [9.17, 15) is 4.79 Å². The van der Waals surface area contributed by atoms with Crippen molar-refractivity contribution in [2.45, 2.75) is 20.3 Å². The molecule has 1 fully saturated rings. The highest BCUT2D eigenvalue weighted by Gasteiger charge is 2.33. The number of ether oxygens (including phenoxy) is 2. The van der Waals surface area contributed by atoms with Gasteiger partial charge in [-0.05, 0) is 91.8 Å². The first kappa shape index (κ1) is 27.2. The Morgan fingerprint density at radius 1 is 0.919 bits per heavy atom. The number of thiocarbonyl (C=S) groups is 1. The van der Waals surface area contributed by atoms with Gasteiger partial charge in [0, 0.05) is 11.6 Å². The summed E-state index contributed by atoms with van der Waals surface area (Å²) in [6.07, 6.45) is 2.85. The molecule has 3 aromatic carbocycles. The minimum atomic E-state index is -0.141. The van der Waals surface area contributed by atoms with Crippen molar-refractivity contribution in [1.29, 1.82) is 0 Å². The maximum Gasteiger partial charge on any atom is 0.270 e. The van der Waals surface area contributed by atoms with E-state index in [-0.39, 0.29) is 5.91 Å². The lowest BCUT2D eigenvalue weighted by molar-refractivity contribution is -0.113. The number of thioether (sulfide) groups is 1. The van der Waals surface area contributed by atoms with Crippen LogP contribution in [-0.2, 0) is 4.79 Å². The van der Waals surface area contributed by atoms with Crippen LogP contribution in [0.15, 0.2) is 77.7 Å². The van der Waals surface area contributed by atoms with E-state index < -0.39 is 0 Å². The maximum absolute atomic E-state index is 13.2. The van der Waals surface area contributed by atoms with Crippen molar-refractivity contribution in [2.75, 3.05) is 31.1 Å². The van der Waals surface area contributed by atoms with E-state index in [1.807, 2.05) is 54.6 Å². The van der Waals surface area contributed by atoms with Crippen LogP contribution in [-0.4, -0.2) is 41.4 Å². The van der Waals surface area contributed by atoms with Gasteiger partial charge in [0.2, 0.25) is 0 Å². The van der Waals surface area contributed by atoms with Gasteiger partial charge >= 0.3 is 0 Å². The van der Waals surface area contributed by atoms with Crippen LogP contribution in [0.4, 0.5) is 5.69 Å². The Morgan fingerprint density at radius 3 is 2.14 bits per heavy atom. The van der Waals surface area contributed by atoms with Crippen molar-refractivity contribution in [2.24, 2.45) is 0 Å². The van der Waals surface area contributed by atoms with Gasteiger partial charge in [-0.2, -0.15) is 0 Å². The van der Waals surface area contributed by atoms with E-state index >= 15 is 0 Å². The summed E-state index contributed by atoms with van der Waals surface area (Å²) in [5, 5.41) is 0.649. The molecule has 3 aromatic rings. The fraction of sp³-hybridized carbons (Fsp3) is 0.241. The molecule has 0 atom stereocenters. The van der Waals surface area contributed by atoms with Crippen LogP contribution in [0.5, 0.6) is 17.2 Å². The highest BCUT2D eigenvalue weighted by Crippen LogP contribution is 2.37. The highest BCUT2D eigenvalue weighted by molar-refractivity contribution is 8.27. The smallest absolute Gasteiger partial charge is 0.270 e. The number of halogens is 1. The summed E-state index contributed by atoms with van der Waals surface area (Å²) in [5.41, 5.74) is 1.62. The van der Waals surface area contributed by atoms with Crippen LogP contribution in [0.2, 0.25) is 5.02 Å². The Kier molecular flexibility index (Phi) is 9.63. The minimum Gasteiger partial charge on any atom is -0.494 e. The van der Waals surface area contributed by atoms with Crippen LogP contribution >= 0.6 is 35.6 Å². The second-order valence-electron chi connectivity index (χ2n) is 8.36. The molecule has 5 nitrogen and oxygen atoms in total. The summed E-state index contributed by atoms with van der Waals surface area (Å²) < 4.78 is 12.2. The van der Waals surface area contributed by atoms with Crippen molar-refractivity contribution in [1.82, 2.24) is 4.90 Å². The third-order valence-electron chi connectivity index (χ3n) is 5.90. The zero-order chi connectivity index (χ0) is 26.2. The normalized spacial score (nSPS) is 14.6.